The summed E-state index contributed by atoms with van der Waals surface area (Å²) >= 11 is 6.16. The van der Waals surface area contributed by atoms with Gasteiger partial charge in [0, 0.05) is 5.02 Å². The first kappa shape index (κ1) is 13.8. The first-order chi connectivity index (χ1) is 8.54. The summed E-state index contributed by atoms with van der Waals surface area (Å²) in [6.45, 7) is 2.93. The van der Waals surface area contributed by atoms with Crippen LogP contribution in [0, 0.1) is 17.2 Å². The van der Waals surface area contributed by atoms with Gasteiger partial charge in [-0.2, -0.15) is 0 Å². The fourth-order valence-electron chi connectivity index (χ4n) is 3.27. The summed E-state index contributed by atoms with van der Waals surface area (Å²) in [6.07, 6.45) is 5.53. The second kappa shape index (κ2) is 5.58. The lowest BCUT2D eigenvalue weighted by molar-refractivity contribution is 0.154. The van der Waals surface area contributed by atoms with Crippen LogP contribution >= 0.6 is 11.6 Å². The molecule has 1 aromatic rings. The van der Waals surface area contributed by atoms with E-state index in [1.165, 1.54) is 18.9 Å². The lowest BCUT2D eigenvalue weighted by Crippen LogP contribution is -2.37. The monoisotopic (exact) mass is 269 g/mol. The number of rotatable bonds is 3. The van der Waals surface area contributed by atoms with E-state index in [1.54, 1.807) is 12.1 Å². The van der Waals surface area contributed by atoms with E-state index in [0.717, 1.165) is 24.8 Å². The van der Waals surface area contributed by atoms with Crippen LogP contribution < -0.4 is 5.73 Å². The Hall–Kier alpha value is -0.600. The Morgan fingerprint density at radius 3 is 2.94 bits per heavy atom. The first-order valence-corrected chi connectivity index (χ1v) is 7.06. The zero-order valence-electron chi connectivity index (χ0n) is 10.9. The molecule has 1 aromatic carbocycles. The van der Waals surface area contributed by atoms with E-state index in [2.05, 4.69) is 6.92 Å². The Morgan fingerprint density at radius 2 is 2.28 bits per heavy atom. The standard InChI is InChI=1S/C15H21ClFN/c1-11-3-2-6-15(8-11,10-18)9-12-7-13(17)4-5-14(12)16/h4-5,7,11H,2-3,6,8-10,18H2,1H3. The van der Waals surface area contributed by atoms with Crippen LogP contribution in [0.2, 0.25) is 5.02 Å². The second-order valence-corrected chi connectivity index (χ2v) is 6.23. The lowest BCUT2D eigenvalue weighted by atomic mass is 9.67. The van der Waals surface area contributed by atoms with Gasteiger partial charge in [-0.05, 0) is 60.9 Å². The molecule has 100 valence electrons. The lowest BCUT2D eigenvalue weighted by Gasteiger charge is -2.39. The van der Waals surface area contributed by atoms with Crippen LogP contribution in [0.4, 0.5) is 4.39 Å². The van der Waals surface area contributed by atoms with E-state index in [-0.39, 0.29) is 11.2 Å². The SMILES string of the molecule is CC1CCCC(CN)(Cc2cc(F)ccc2Cl)C1. The largest absolute Gasteiger partial charge is 0.330 e. The topological polar surface area (TPSA) is 26.0 Å². The number of hydrogen-bond donors (Lipinski definition) is 1. The molecule has 1 saturated carbocycles. The average molecular weight is 270 g/mol. The minimum atomic E-state index is -0.217. The molecule has 0 aromatic heterocycles. The third-order valence-corrected chi connectivity index (χ3v) is 4.56. The van der Waals surface area contributed by atoms with Gasteiger partial charge < -0.3 is 5.73 Å². The van der Waals surface area contributed by atoms with Crippen LogP contribution in [0.25, 0.3) is 0 Å². The van der Waals surface area contributed by atoms with Gasteiger partial charge >= 0.3 is 0 Å². The van der Waals surface area contributed by atoms with Gasteiger partial charge in [0.15, 0.2) is 0 Å². The molecule has 1 aliphatic carbocycles. The van der Waals surface area contributed by atoms with E-state index >= 15 is 0 Å². The van der Waals surface area contributed by atoms with Gasteiger partial charge in [0.2, 0.25) is 0 Å². The zero-order valence-corrected chi connectivity index (χ0v) is 11.6. The molecule has 2 unspecified atom stereocenters. The predicted octanol–water partition coefficient (Wildman–Crippen LogP) is 4.18. The van der Waals surface area contributed by atoms with Crippen molar-refractivity contribution in [1.82, 2.24) is 0 Å². The van der Waals surface area contributed by atoms with Crippen molar-refractivity contribution in [2.75, 3.05) is 6.54 Å². The predicted molar refractivity (Wildman–Crippen MR) is 74.2 cm³/mol. The summed E-state index contributed by atoms with van der Waals surface area (Å²) in [6, 6.07) is 4.60. The van der Waals surface area contributed by atoms with Crippen molar-refractivity contribution in [3.8, 4) is 0 Å². The third-order valence-electron chi connectivity index (χ3n) is 4.19. The smallest absolute Gasteiger partial charge is 0.123 e. The Balaban J connectivity index is 2.21. The van der Waals surface area contributed by atoms with Crippen molar-refractivity contribution >= 4 is 11.6 Å². The average Bonchev–Trinajstić information content (AvgIpc) is 2.34. The van der Waals surface area contributed by atoms with Gasteiger partial charge in [-0.15, -0.1) is 0 Å². The summed E-state index contributed by atoms with van der Waals surface area (Å²) < 4.78 is 13.3. The number of hydrogen-bond acceptors (Lipinski definition) is 1. The van der Waals surface area contributed by atoms with Gasteiger partial charge in [-0.25, -0.2) is 4.39 Å². The highest BCUT2D eigenvalue weighted by atomic mass is 35.5. The molecule has 3 heteroatoms. The highest BCUT2D eigenvalue weighted by Crippen LogP contribution is 2.42. The fraction of sp³-hybridized carbons (Fsp3) is 0.600. The van der Waals surface area contributed by atoms with Crippen molar-refractivity contribution in [2.24, 2.45) is 17.1 Å². The number of benzene rings is 1. The van der Waals surface area contributed by atoms with Crippen LogP contribution in [0.15, 0.2) is 18.2 Å². The molecule has 2 N–H and O–H groups in total. The van der Waals surface area contributed by atoms with Crippen LogP contribution in [-0.2, 0) is 6.42 Å². The van der Waals surface area contributed by atoms with Gasteiger partial charge in [0.25, 0.3) is 0 Å². The van der Waals surface area contributed by atoms with Crippen molar-refractivity contribution in [3.63, 3.8) is 0 Å². The van der Waals surface area contributed by atoms with Crippen LogP contribution in [0.1, 0.15) is 38.2 Å². The summed E-state index contributed by atoms with van der Waals surface area (Å²) in [5.41, 5.74) is 7.01. The summed E-state index contributed by atoms with van der Waals surface area (Å²) in [5, 5.41) is 0.655. The molecule has 2 rings (SSSR count). The maximum absolute atomic E-state index is 13.3. The normalized spacial score (nSPS) is 28.3. The van der Waals surface area contributed by atoms with Gasteiger partial charge in [-0.1, -0.05) is 31.4 Å². The van der Waals surface area contributed by atoms with E-state index in [0.29, 0.717) is 17.5 Å². The fourth-order valence-corrected chi connectivity index (χ4v) is 3.45. The molecule has 18 heavy (non-hydrogen) atoms. The van der Waals surface area contributed by atoms with Gasteiger partial charge in [0.1, 0.15) is 5.82 Å². The molecule has 1 aliphatic rings. The van der Waals surface area contributed by atoms with Gasteiger partial charge in [0.05, 0.1) is 0 Å². The van der Waals surface area contributed by atoms with Crippen LogP contribution in [-0.4, -0.2) is 6.54 Å². The molecule has 0 amide bonds. The minimum absolute atomic E-state index is 0.106. The Bertz CT molecular complexity index is 421. The number of halogens is 2. The highest BCUT2D eigenvalue weighted by Gasteiger charge is 2.34. The van der Waals surface area contributed by atoms with E-state index in [9.17, 15) is 4.39 Å². The molecule has 0 spiro atoms. The Kier molecular flexibility index (Phi) is 4.29. The maximum atomic E-state index is 13.3. The van der Waals surface area contributed by atoms with Crippen molar-refractivity contribution in [3.05, 3.63) is 34.6 Å². The molecule has 0 aliphatic heterocycles. The quantitative estimate of drug-likeness (QED) is 0.875. The summed E-state index contributed by atoms with van der Waals surface area (Å²) in [4.78, 5) is 0. The first-order valence-electron chi connectivity index (χ1n) is 6.69. The van der Waals surface area contributed by atoms with E-state index < -0.39 is 0 Å². The molecule has 2 atom stereocenters. The van der Waals surface area contributed by atoms with Gasteiger partial charge in [-0.3, -0.25) is 0 Å². The third kappa shape index (κ3) is 3.04. The van der Waals surface area contributed by atoms with Crippen molar-refractivity contribution in [2.45, 2.75) is 39.0 Å². The second-order valence-electron chi connectivity index (χ2n) is 5.82. The van der Waals surface area contributed by atoms with Crippen LogP contribution in [0.5, 0.6) is 0 Å². The summed E-state index contributed by atoms with van der Waals surface area (Å²) in [5.74, 6) is 0.486. The molecule has 1 nitrogen and oxygen atoms in total. The molecular formula is C15H21ClFN. The molecule has 0 bridgehead atoms. The molecule has 1 fully saturated rings. The molecule has 0 radical (unpaired) electrons. The van der Waals surface area contributed by atoms with Crippen molar-refractivity contribution in [1.29, 1.82) is 0 Å². The number of nitrogens with two attached hydrogens (primary N) is 1. The van der Waals surface area contributed by atoms with Crippen molar-refractivity contribution < 1.29 is 4.39 Å². The zero-order chi connectivity index (χ0) is 13.2. The molecular weight excluding hydrogens is 249 g/mol. The summed E-state index contributed by atoms with van der Waals surface area (Å²) in [7, 11) is 0. The Labute approximate surface area is 114 Å². The van der Waals surface area contributed by atoms with E-state index in [1.807, 2.05) is 0 Å². The Morgan fingerprint density at radius 1 is 1.50 bits per heavy atom. The maximum Gasteiger partial charge on any atom is 0.123 e. The van der Waals surface area contributed by atoms with E-state index in [4.69, 9.17) is 17.3 Å². The minimum Gasteiger partial charge on any atom is -0.330 e. The molecule has 0 saturated heterocycles. The highest BCUT2D eigenvalue weighted by molar-refractivity contribution is 6.31. The van der Waals surface area contributed by atoms with Crippen LogP contribution in [0.3, 0.4) is 0 Å². The molecule has 0 heterocycles.